The van der Waals surface area contributed by atoms with Crippen molar-refractivity contribution in [2.24, 2.45) is 11.7 Å². The summed E-state index contributed by atoms with van der Waals surface area (Å²) in [6, 6.07) is 0.948. The van der Waals surface area contributed by atoms with Crippen molar-refractivity contribution in [2.45, 2.75) is 57.4 Å². The molecule has 0 amide bonds. The lowest BCUT2D eigenvalue weighted by Crippen LogP contribution is -2.42. The Morgan fingerprint density at radius 3 is 2.60 bits per heavy atom. The van der Waals surface area contributed by atoms with Crippen LogP contribution in [-0.4, -0.2) is 30.6 Å². The van der Waals surface area contributed by atoms with Gasteiger partial charge in [-0.3, -0.25) is 0 Å². The molecule has 1 saturated carbocycles. The van der Waals surface area contributed by atoms with Gasteiger partial charge >= 0.3 is 0 Å². The van der Waals surface area contributed by atoms with E-state index < -0.39 is 0 Å². The highest BCUT2D eigenvalue weighted by Gasteiger charge is 2.27. The average molecular weight is 210 g/mol. The van der Waals surface area contributed by atoms with Crippen molar-refractivity contribution in [3.8, 4) is 0 Å². The topological polar surface area (TPSA) is 29.3 Å². The van der Waals surface area contributed by atoms with Crippen LogP contribution in [0.15, 0.2) is 0 Å². The van der Waals surface area contributed by atoms with Gasteiger partial charge in [0, 0.05) is 12.6 Å². The van der Waals surface area contributed by atoms with Crippen molar-refractivity contribution in [1.82, 2.24) is 4.90 Å². The zero-order chi connectivity index (χ0) is 10.5. The fourth-order valence-corrected chi connectivity index (χ4v) is 2.99. The monoisotopic (exact) mass is 210 g/mol. The maximum Gasteiger partial charge on any atom is 0.00953 e. The molecule has 2 N–H and O–H groups in total. The van der Waals surface area contributed by atoms with Crippen molar-refractivity contribution in [3.63, 3.8) is 0 Å². The molecular weight excluding hydrogens is 184 g/mol. The highest BCUT2D eigenvalue weighted by molar-refractivity contribution is 4.83. The molecule has 15 heavy (non-hydrogen) atoms. The molecule has 1 saturated heterocycles. The fraction of sp³-hybridized carbons (Fsp3) is 1.00. The van der Waals surface area contributed by atoms with Crippen LogP contribution < -0.4 is 5.73 Å². The summed E-state index contributed by atoms with van der Waals surface area (Å²) in [4.78, 5) is 2.78. The van der Waals surface area contributed by atoms with Crippen molar-refractivity contribution < 1.29 is 0 Å². The molecule has 2 rings (SSSR count). The van der Waals surface area contributed by atoms with Gasteiger partial charge in [0.25, 0.3) is 0 Å². The van der Waals surface area contributed by atoms with E-state index in [-0.39, 0.29) is 0 Å². The van der Waals surface area contributed by atoms with Crippen LogP contribution in [-0.2, 0) is 0 Å². The predicted octanol–water partition coefficient (Wildman–Crippen LogP) is 2.38. The number of hydrogen-bond acceptors (Lipinski definition) is 2. The maximum absolute atomic E-state index is 5.60. The zero-order valence-electron chi connectivity index (χ0n) is 9.96. The van der Waals surface area contributed by atoms with E-state index in [9.17, 15) is 0 Å². The van der Waals surface area contributed by atoms with Crippen LogP contribution in [0.25, 0.3) is 0 Å². The molecule has 2 heteroatoms. The Morgan fingerprint density at radius 1 is 1.07 bits per heavy atom. The van der Waals surface area contributed by atoms with E-state index in [0.29, 0.717) is 0 Å². The Kier molecular flexibility index (Phi) is 4.45. The molecule has 0 aromatic heterocycles. The molecule has 0 spiro atoms. The molecule has 0 radical (unpaired) electrons. The molecule has 0 bridgehead atoms. The normalized spacial score (nSPS) is 29.8. The minimum Gasteiger partial charge on any atom is -0.330 e. The zero-order valence-corrected chi connectivity index (χ0v) is 9.96. The molecule has 88 valence electrons. The number of hydrogen-bond donors (Lipinski definition) is 1. The third-order valence-corrected chi connectivity index (χ3v) is 4.21. The van der Waals surface area contributed by atoms with Gasteiger partial charge in [-0.05, 0) is 57.5 Å². The van der Waals surface area contributed by atoms with E-state index in [1.807, 2.05) is 0 Å². The summed E-state index contributed by atoms with van der Waals surface area (Å²) in [5, 5.41) is 0. The third kappa shape index (κ3) is 3.18. The van der Waals surface area contributed by atoms with E-state index in [4.69, 9.17) is 5.73 Å². The predicted molar refractivity (Wildman–Crippen MR) is 64.8 cm³/mol. The van der Waals surface area contributed by atoms with Crippen LogP contribution in [0.4, 0.5) is 0 Å². The van der Waals surface area contributed by atoms with Crippen LogP contribution >= 0.6 is 0 Å². The summed E-state index contributed by atoms with van der Waals surface area (Å²) in [6.45, 7) is 3.61. The van der Waals surface area contributed by atoms with Gasteiger partial charge in [0.2, 0.25) is 0 Å². The molecule has 2 aliphatic rings. The first-order valence-corrected chi connectivity index (χ1v) is 6.84. The number of nitrogens with two attached hydrogens (primary N) is 1. The van der Waals surface area contributed by atoms with Crippen LogP contribution in [0.2, 0.25) is 0 Å². The molecule has 0 aromatic rings. The molecular formula is C13H26N2. The standard InChI is InChI=1S/C13H26N2/c14-9-4-6-12-5-1-2-10-15(11-12)13-7-3-8-13/h12-13H,1-11,14H2. The van der Waals surface area contributed by atoms with Crippen molar-refractivity contribution in [2.75, 3.05) is 19.6 Å². The summed E-state index contributed by atoms with van der Waals surface area (Å²) in [6.07, 6.45) is 11.3. The smallest absolute Gasteiger partial charge is 0.00953 e. The first kappa shape index (κ1) is 11.4. The first-order valence-electron chi connectivity index (χ1n) is 6.84. The Labute approximate surface area is 94.2 Å². The van der Waals surface area contributed by atoms with Gasteiger partial charge in [-0.2, -0.15) is 0 Å². The van der Waals surface area contributed by atoms with E-state index >= 15 is 0 Å². The van der Waals surface area contributed by atoms with Crippen molar-refractivity contribution in [3.05, 3.63) is 0 Å². The molecule has 2 nitrogen and oxygen atoms in total. The summed E-state index contributed by atoms with van der Waals surface area (Å²) >= 11 is 0. The number of rotatable bonds is 4. The van der Waals surface area contributed by atoms with E-state index in [1.54, 1.807) is 0 Å². The van der Waals surface area contributed by atoms with E-state index in [2.05, 4.69) is 4.90 Å². The van der Waals surface area contributed by atoms with E-state index in [0.717, 1.165) is 18.5 Å². The molecule has 1 aliphatic carbocycles. The van der Waals surface area contributed by atoms with Crippen LogP contribution in [0.1, 0.15) is 51.4 Å². The third-order valence-electron chi connectivity index (χ3n) is 4.21. The van der Waals surface area contributed by atoms with Crippen molar-refractivity contribution in [1.29, 1.82) is 0 Å². The first-order chi connectivity index (χ1) is 7.40. The number of likely N-dealkylation sites (tertiary alicyclic amines) is 1. The van der Waals surface area contributed by atoms with Gasteiger partial charge in [-0.25, -0.2) is 0 Å². The Bertz CT molecular complexity index is 177. The van der Waals surface area contributed by atoms with Crippen LogP contribution in [0.5, 0.6) is 0 Å². The lowest BCUT2D eigenvalue weighted by atomic mass is 9.90. The Morgan fingerprint density at radius 2 is 1.93 bits per heavy atom. The lowest BCUT2D eigenvalue weighted by molar-refractivity contribution is 0.114. The molecule has 1 atom stereocenters. The van der Waals surface area contributed by atoms with Crippen LogP contribution in [0.3, 0.4) is 0 Å². The maximum atomic E-state index is 5.60. The largest absolute Gasteiger partial charge is 0.330 e. The molecule has 1 aliphatic heterocycles. The van der Waals surface area contributed by atoms with Gasteiger partial charge in [0.15, 0.2) is 0 Å². The molecule has 0 aromatic carbocycles. The Balaban J connectivity index is 1.78. The summed E-state index contributed by atoms with van der Waals surface area (Å²) in [5.41, 5.74) is 5.60. The molecule has 1 heterocycles. The quantitative estimate of drug-likeness (QED) is 0.772. The minimum absolute atomic E-state index is 0.875. The van der Waals surface area contributed by atoms with E-state index in [1.165, 1.54) is 64.5 Å². The summed E-state index contributed by atoms with van der Waals surface area (Å²) < 4.78 is 0. The molecule has 2 fully saturated rings. The van der Waals surface area contributed by atoms with Crippen molar-refractivity contribution >= 4 is 0 Å². The second kappa shape index (κ2) is 5.86. The second-order valence-electron chi connectivity index (χ2n) is 5.37. The highest BCUT2D eigenvalue weighted by atomic mass is 15.2. The highest BCUT2D eigenvalue weighted by Crippen LogP contribution is 2.29. The summed E-state index contributed by atoms with van der Waals surface area (Å²) in [7, 11) is 0. The minimum atomic E-state index is 0.875. The lowest BCUT2D eigenvalue weighted by Gasteiger charge is -2.38. The van der Waals surface area contributed by atoms with Crippen LogP contribution in [0, 0.1) is 5.92 Å². The number of nitrogens with zero attached hydrogens (tertiary/aromatic N) is 1. The average Bonchev–Trinajstić information content (AvgIpc) is 2.38. The Hall–Kier alpha value is -0.0800. The van der Waals surface area contributed by atoms with Gasteiger partial charge in [-0.1, -0.05) is 12.8 Å². The summed E-state index contributed by atoms with van der Waals surface area (Å²) in [5.74, 6) is 0.941. The second-order valence-corrected chi connectivity index (χ2v) is 5.37. The van der Waals surface area contributed by atoms with Gasteiger partial charge < -0.3 is 10.6 Å². The fourth-order valence-electron chi connectivity index (χ4n) is 2.99. The molecule has 1 unspecified atom stereocenters. The van der Waals surface area contributed by atoms with Gasteiger partial charge in [0.1, 0.15) is 0 Å². The van der Waals surface area contributed by atoms with Gasteiger partial charge in [-0.15, -0.1) is 0 Å². The SMILES string of the molecule is NCCCC1CCCCN(C2CCC2)C1. The van der Waals surface area contributed by atoms with Gasteiger partial charge in [0.05, 0.1) is 0 Å².